The van der Waals surface area contributed by atoms with Crippen molar-refractivity contribution in [3.63, 3.8) is 0 Å². The second-order valence-corrected chi connectivity index (χ2v) is 3.88. The van der Waals surface area contributed by atoms with Crippen molar-refractivity contribution in [3.8, 4) is 6.07 Å². The standard InChI is InChI=1S/C12H8ClFN4/c13-7-2-1-3-9(12(7)14)17-11-5-4-8(16)10(6-15)18-11/h1-5H,16H2,(H,17,18). The predicted octanol–water partition coefficient (Wildman–Crippen LogP) is 3.07. The van der Waals surface area contributed by atoms with Crippen molar-refractivity contribution in [3.05, 3.63) is 46.9 Å². The third-order valence-corrected chi connectivity index (χ3v) is 2.54. The molecule has 2 aromatic rings. The van der Waals surface area contributed by atoms with Gasteiger partial charge in [-0.2, -0.15) is 5.26 Å². The Balaban J connectivity index is 2.35. The molecule has 0 atom stereocenters. The molecular weight excluding hydrogens is 255 g/mol. The lowest BCUT2D eigenvalue weighted by molar-refractivity contribution is 0.632. The molecule has 4 nitrogen and oxygen atoms in total. The number of hydrogen-bond donors (Lipinski definition) is 2. The van der Waals surface area contributed by atoms with Crippen molar-refractivity contribution in [2.45, 2.75) is 0 Å². The summed E-state index contributed by atoms with van der Waals surface area (Å²) in [6.45, 7) is 0. The van der Waals surface area contributed by atoms with Crippen LogP contribution in [0.4, 0.5) is 21.6 Å². The summed E-state index contributed by atoms with van der Waals surface area (Å²) in [6.07, 6.45) is 0. The van der Waals surface area contributed by atoms with Crippen LogP contribution < -0.4 is 11.1 Å². The summed E-state index contributed by atoms with van der Waals surface area (Å²) in [5.41, 5.74) is 6.08. The van der Waals surface area contributed by atoms with Crippen LogP contribution in [-0.4, -0.2) is 4.98 Å². The Bertz CT molecular complexity index is 636. The van der Waals surface area contributed by atoms with Crippen LogP contribution in [0.1, 0.15) is 5.69 Å². The molecular formula is C12H8ClFN4. The van der Waals surface area contributed by atoms with Gasteiger partial charge in [-0.3, -0.25) is 0 Å². The molecule has 1 aromatic carbocycles. The molecule has 0 saturated carbocycles. The molecule has 6 heteroatoms. The van der Waals surface area contributed by atoms with Crippen LogP contribution in [0.15, 0.2) is 30.3 Å². The summed E-state index contributed by atoms with van der Waals surface area (Å²) in [5.74, 6) is -0.252. The number of nitrogens with zero attached hydrogens (tertiary/aromatic N) is 2. The summed E-state index contributed by atoms with van der Waals surface area (Å²) < 4.78 is 13.6. The van der Waals surface area contributed by atoms with E-state index in [2.05, 4.69) is 10.3 Å². The summed E-state index contributed by atoms with van der Waals surface area (Å²) in [5, 5.41) is 11.5. The molecule has 0 saturated heterocycles. The number of nitrogen functional groups attached to an aromatic ring is 1. The molecule has 90 valence electrons. The lowest BCUT2D eigenvalue weighted by atomic mass is 10.3. The molecule has 1 aromatic heterocycles. The number of rotatable bonds is 2. The van der Waals surface area contributed by atoms with E-state index in [9.17, 15) is 4.39 Å². The zero-order chi connectivity index (χ0) is 13.1. The smallest absolute Gasteiger partial charge is 0.165 e. The first-order valence-corrected chi connectivity index (χ1v) is 5.37. The number of pyridine rings is 1. The van der Waals surface area contributed by atoms with Gasteiger partial charge in [-0.05, 0) is 24.3 Å². The van der Waals surface area contributed by atoms with Crippen molar-refractivity contribution in [2.75, 3.05) is 11.1 Å². The maximum absolute atomic E-state index is 13.6. The fraction of sp³-hybridized carbons (Fsp3) is 0. The van der Waals surface area contributed by atoms with Gasteiger partial charge in [0.2, 0.25) is 0 Å². The van der Waals surface area contributed by atoms with E-state index >= 15 is 0 Å². The molecule has 1 heterocycles. The normalized spacial score (nSPS) is 9.83. The van der Waals surface area contributed by atoms with Crippen LogP contribution in [-0.2, 0) is 0 Å². The van der Waals surface area contributed by atoms with Crippen molar-refractivity contribution >= 4 is 28.8 Å². The van der Waals surface area contributed by atoms with Crippen LogP contribution in [0.3, 0.4) is 0 Å². The summed E-state index contributed by atoms with van der Waals surface area (Å²) in [6, 6.07) is 9.50. The topological polar surface area (TPSA) is 74.7 Å². The Morgan fingerprint density at radius 3 is 2.83 bits per heavy atom. The Morgan fingerprint density at radius 1 is 1.33 bits per heavy atom. The number of nitrogens with one attached hydrogen (secondary N) is 1. The van der Waals surface area contributed by atoms with E-state index < -0.39 is 5.82 Å². The molecule has 0 bridgehead atoms. The fourth-order valence-corrected chi connectivity index (χ4v) is 1.54. The molecule has 0 spiro atoms. The van der Waals surface area contributed by atoms with Crippen molar-refractivity contribution in [2.24, 2.45) is 0 Å². The zero-order valence-corrected chi connectivity index (χ0v) is 9.87. The highest BCUT2D eigenvalue weighted by molar-refractivity contribution is 6.31. The van der Waals surface area contributed by atoms with E-state index in [1.807, 2.05) is 6.07 Å². The molecule has 0 aliphatic heterocycles. The van der Waals surface area contributed by atoms with Crippen molar-refractivity contribution < 1.29 is 4.39 Å². The third-order valence-electron chi connectivity index (χ3n) is 2.25. The molecule has 2 rings (SSSR count). The van der Waals surface area contributed by atoms with Crippen molar-refractivity contribution in [1.29, 1.82) is 5.26 Å². The SMILES string of the molecule is N#Cc1nc(Nc2cccc(Cl)c2F)ccc1N. The number of anilines is 3. The fourth-order valence-electron chi connectivity index (χ4n) is 1.37. The van der Waals surface area contributed by atoms with E-state index in [1.54, 1.807) is 12.1 Å². The van der Waals surface area contributed by atoms with Crippen LogP contribution in [0.5, 0.6) is 0 Å². The molecule has 18 heavy (non-hydrogen) atoms. The van der Waals surface area contributed by atoms with E-state index in [4.69, 9.17) is 22.6 Å². The van der Waals surface area contributed by atoms with Crippen LogP contribution >= 0.6 is 11.6 Å². The Hall–Kier alpha value is -2.32. The molecule has 0 amide bonds. The number of benzene rings is 1. The van der Waals surface area contributed by atoms with Crippen LogP contribution in [0.25, 0.3) is 0 Å². The van der Waals surface area contributed by atoms with Gasteiger partial charge in [0.1, 0.15) is 11.9 Å². The maximum Gasteiger partial charge on any atom is 0.165 e. The first kappa shape index (κ1) is 12.1. The van der Waals surface area contributed by atoms with Crippen LogP contribution in [0, 0.1) is 17.1 Å². The predicted molar refractivity (Wildman–Crippen MR) is 68.1 cm³/mol. The van der Waals surface area contributed by atoms with Crippen LogP contribution in [0.2, 0.25) is 5.02 Å². The lowest BCUT2D eigenvalue weighted by Gasteiger charge is -2.08. The number of nitriles is 1. The summed E-state index contributed by atoms with van der Waals surface area (Å²) in [7, 11) is 0. The maximum atomic E-state index is 13.6. The average Bonchev–Trinajstić information content (AvgIpc) is 2.37. The van der Waals surface area contributed by atoms with Gasteiger partial charge in [0.15, 0.2) is 11.5 Å². The quantitative estimate of drug-likeness (QED) is 0.872. The number of hydrogen-bond acceptors (Lipinski definition) is 4. The van der Waals surface area contributed by atoms with E-state index in [-0.39, 0.29) is 22.1 Å². The second kappa shape index (κ2) is 4.90. The highest BCUT2D eigenvalue weighted by Crippen LogP contribution is 2.25. The van der Waals surface area contributed by atoms with E-state index in [1.165, 1.54) is 18.2 Å². The Labute approximate surface area is 108 Å². The first-order valence-electron chi connectivity index (χ1n) is 4.99. The molecule has 0 aliphatic rings. The largest absolute Gasteiger partial charge is 0.396 e. The number of halogens is 2. The number of nitrogens with two attached hydrogens (primary N) is 1. The minimum Gasteiger partial charge on any atom is -0.396 e. The molecule has 0 aliphatic carbocycles. The van der Waals surface area contributed by atoms with Gasteiger partial charge in [0, 0.05) is 0 Å². The van der Waals surface area contributed by atoms with Gasteiger partial charge in [0.25, 0.3) is 0 Å². The lowest BCUT2D eigenvalue weighted by Crippen LogP contribution is -2.00. The van der Waals surface area contributed by atoms with Gasteiger partial charge >= 0.3 is 0 Å². The second-order valence-electron chi connectivity index (χ2n) is 3.47. The number of aromatic nitrogens is 1. The van der Waals surface area contributed by atoms with Crippen molar-refractivity contribution in [1.82, 2.24) is 4.98 Å². The highest BCUT2D eigenvalue weighted by Gasteiger charge is 2.08. The molecule has 0 unspecified atom stereocenters. The van der Waals surface area contributed by atoms with Gasteiger partial charge in [-0.15, -0.1) is 0 Å². The third kappa shape index (κ3) is 2.34. The average molecular weight is 263 g/mol. The minimum absolute atomic E-state index is 0.0101. The van der Waals surface area contributed by atoms with E-state index in [0.717, 1.165) is 0 Å². The Morgan fingerprint density at radius 2 is 2.11 bits per heavy atom. The van der Waals surface area contributed by atoms with Gasteiger partial charge in [-0.1, -0.05) is 17.7 Å². The van der Waals surface area contributed by atoms with Gasteiger partial charge in [0.05, 0.1) is 16.4 Å². The van der Waals surface area contributed by atoms with Gasteiger partial charge in [-0.25, -0.2) is 9.37 Å². The monoisotopic (exact) mass is 262 g/mol. The first-order chi connectivity index (χ1) is 8.61. The molecule has 0 radical (unpaired) electrons. The zero-order valence-electron chi connectivity index (χ0n) is 9.11. The summed E-state index contributed by atoms with van der Waals surface area (Å²) >= 11 is 5.66. The summed E-state index contributed by atoms with van der Waals surface area (Å²) in [4.78, 5) is 3.95. The molecule has 0 fully saturated rings. The van der Waals surface area contributed by atoms with Gasteiger partial charge < -0.3 is 11.1 Å². The highest BCUT2D eigenvalue weighted by atomic mass is 35.5. The Kier molecular flexibility index (Phi) is 3.31. The molecule has 3 N–H and O–H groups in total. The van der Waals surface area contributed by atoms with E-state index in [0.29, 0.717) is 5.82 Å². The minimum atomic E-state index is -0.573.